The highest BCUT2D eigenvalue weighted by Crippen LogP contribution is 2.15. The minimum absolute atomic E-state index is 0.160. The highest BCUT2D eigenvalue weighted by molar-refractivity contribution is 7.98. The molecule has 1 unspecified atom stereocenters. The lowest BCUT2D eigenvalue weighted by Crippen LogP contribution is -2.25. The number of benzene rings is 1. The van der Waals surface area contributed by atoms with Gasteiger partial charge in [0.05, 0.1) is 0 Å². The topological polar surface area (TPSA) is 29.3 Å². The van der Waals surface area contributed by atoms with Gasteiger partial charge >= 0.3 is 0 Å². The maximum Gasteiger partial charge on any atom is 0.0307 e. The van der Waals surface area contributed by atoms with E-state index >= 15 is 0 Å². The molecule has 3 heteroatoms. The van der Waals surface area contributed by atoms with E-state index < -0.39 is 0 Å². The van der Waals surface area contributed by atoms with Crippen LogP contribution in [0.3, 0.4) is 0 Å². The fraction of sp³-hybridized carbons (Fsp3) is 0.600. The fourth-order valence-electron chi connectivity index (χ4n) is 2.02. The predicted molar refractivity (Wildman–Crippen MR) is 83.2 cm³/mol. The van der Waals surface area contributed by atoms with Gasteiger partial charge in [-0.3, -0.25) is 0 Å². The summed E-state index contributed by atoms with van der Waals surface area (Å²) < 4.78 is 0. The molecule has 0 heterocycles. The van der Waals surface area contributed by atoms with Gasteiger partial charge in [0.25, 0.3) is 0 Å². The molecular weight excluding hydrogens is 240 g/mol. The van der Waals surface area contributed by atoms with Crippen molar-refractivity contribution in [2.45, 2.75) is 25.8 Å². The van der Waals surface area contributed by atoms with E-state index in [2.05, 4.69) is 49.4 Å². The first-order valence-electron chi connectivity index (χ1n) is 6.63. The largest absolute Gasteiger partial charge is 0.324 e. The van der Waals surface area contributed by atoms with Crippen LogP contribution in [0.2, 0.25) is 0 Å². The summed E-state index contributed by atoms with van der Waals surface area (Å²) in [6.07, 6.45) is 4.45. The molecule has 0 fully saturated rings. The Labute approximate surface area is 116 Å². The molecule has 0 amide bonds. The molecule has 0 aliphatic rings. The molecule has 1 rings (SSSR count). The summed E-state index contributed by atoms with van der Waals surface area (Å²) in [5, 5.41) is 0. The van der Waals surface area contributed by atoms with Crippen molar-refractivity contribution in [3.05, 3.63) is 35.4 Å². The molecule has 0 radical (unpaired) electrons. The van der Waals surface area contributed by atoms with Crippen molar-refractivity contribution in [3.8, 4) is 0 Å². The summed E-state index contributed by atoms with van der Waals surface area (Å²) >= 11 is 1.92. The maximum absolute atomic E-state index is 6.24. The highest BCUT2D eigenvalue weighted by Gasteiger charge is 2.07. The van der Waals surface area contributed by atoms with Crippen LogP contribution in [0.4, 0.5) is 0 Å². The summed E-state index contributed by atoms with van der Waals surface area (Å²) in [5.41, 5.74) is 8.78. The molecule has 102 valence electrons. The number of hydrogen-bond donors (Lipinski definition) is 1. The normalized spacial score (nSPS) is 12.9. The Morgan fingerprint density at radius 1 is 1.33 bits per heavy atom. The SMILES string of the molecule is CSCCCN(C)CCC(N)c1cccc(C)c1. The van der Waals surface area contributed by atoms with Crippen LogP contribution in [0.15, 0.2) is 24.3 Å². The van der Waals surface area contributed by atoms with Crippen molar-refractivity contribution < 1.29 is 0 Å². The molecule has 0 aromatic heterocycles. The zero-order valence-electron chi connectivity index (χ0n) is 11.9. The molecule has 0 saturated heterocycles. The lowest BCUT2D eigenvalue weighted by atomic mass is 10.0. The van der Waals surface area contributed by atoms with Crippen LogP contribution in [-0.2, 0) is 0 Å². The van der Waals surface area contributed by atoms with Crippen molar-refractivity contribution in [3.63, 3.8) is 0 Å². The Hall–Kier alpha value is -0.510. The van der Waals surface area contributed by atoms with Gasteiger partial charge in [-0.1, -0.05) is 29.8 Å². The summed E-state index contributed by atoms with van der Waals surface area (Å²) in [6.45, 7) is 4.36. The zero-order valence-corrected chi connectivity index (χ0v) is 12.7. The minimum atomic E-state index is 0.160. The Bertz CT molecular complexity index is 341. The summed E-state index contributed by atoms with van der Waals surface area (Å²) in [6, 6.07) is 8.69. The molecule has 0 aliphatic carbocycles. The van der Waals surface area contributed by atoms with E-state index in [4.69, 9.17) is 5.73 Å². The quantitative estimate of drug-likeness (QED) is 0.733. The van der Waals surface area contributed by atoms with Gasteiger partial charge < -0.3 is 10.6 Å². The number of aryl methyl sites for hydroxylation is 1. The first kappa shape index (κ1) is 15.5. The monoisotopic (exact) mass is 266 g/mol. The van der Waals surface area contributed by atoms with Crippen molar-refractivity contribution in [1.29, 1.82) is 0 Å². The second-order valence-electron chi connectivity index (χ2n) is 4.96. The summed E-state index contributed by atoms with van der Waals surface area (Å²) in [7, 11) is 2.18. The van der Waals surface area contributed by atoms with Crippen LogP contribution in [0.5, 0.6) is 0 Å². The molecular formula is C15H26N2S. The Morgan fingerprint density at radius 3 is 2.78 bits per heavy atom. The van der Waals surface area contributed by atoms with Crippen LogP contribution in [0, 0.1) is 6.92 Å². The number of rotatable bonds is 8. The number of thioether (sulfide) groups is 1. The molecule has 2 N–H and O–H groups in total. The predicted octanol–water partition coefficient (Wildman–Crippen LogP) is 3.07. The van der Waals surface area contributed by atoms with Crippen molar-refractivity contribution in [2.75, 3.05) is 32.1 Å². The number of nitrogens with zero attached hydrogens (tertiary/aromatic N) is 1. The second-order valence-corrected chi connectivity index (χ2v) is 5.94. The van der Waals surface area contributed by atoms with E-state index in [1.54, 1.807) is 0 Å². The molecule has 2 nitrogen and oxygen atoms in total. The lowest BCUT2D eigenvalue weighted by molar-refractivity contribution is 0.320. The lowest BCUT2D eigenvalue weighted by Gasteiger charge is -2.19. The average molecular weight is 266 g/mol. The second kappa shape index (κ2) is 8.57. The van der Waals surface area contributed by atoms with Crippen molar-refractivity contribution in [2.24, 2.45) is 5.73 Å². The van der Waals surface area contributed by atoms with Gasteiger partial charge in [-0.2, -0.15) is 11.8 Å². The Morgan fingerprint density at radius 2 is 2.11 bits per heavy atom. The number of nitrogens with two attached hydrogens (primary N) is 1. The molecule has 1 aromatic rings. The minimum Gasteiger partial charge on any atom is -0.324 e. The maximum atomic E-state index is 6.24. The molecule has 1 atom stereocenters. The Kier molecular flexibility index (Phi) is 7.40. The van der Waals surface area contributed by atoms with Gasteiger partial charge in [0.2, 0.25) is 0 Å². The standard InChI is InChI=1S/C15H26N2S/c1-13-6-4-7-14(12-13)15(16)8-10-17(2)9-5-11-18-3/h4,6-7,12,15H,5,8-11,16H2,1-3H3. The highest BCUT2D eigenvalue weighted by atomic mass is 32.2. The zero-order chi connectivity index (χ0) is 13.4. The third kappa shape index (κ3) is 5.89. The van der Waals surface area contributed by atoms with Crippen LogP contribution in [0.1, 0.15) is 30.0 Å². The molecule has 0 aliphatic heterocycles. The van der Waals surface area contributed by atoms with E-state index in [0.717, 1.165) is 13.0 Å². The fourth-order valence-corrected chi connectivity index (χ4v) is 2.44. The van der Waals surface area contributed by atoms with Gasteiger partial charge in [-0.25, -0.2) is 0 Å². The van der Waals surface area contributed by atoms with E-state index in [0.29, 0.717) is 0 Å². The van der Waals surface area contributed by atoms with Crippen LogP contribution in [-0.4, -0.2) is 37.0 Å². The third-order valence-corrected chi connectivity index (χ3v) is 3.88. The van der Waals surface area contributed by atoms with Gasteiger partial charge in [0, 0.05) is 6.04 Å². The average Bonchev–Trinajstić information content (AvgIpc) is 2.36. The Balaban J connectivity index is 2.30. The summed E-state index contributed by atoms with van der Waals surface area (Å²) in [5.74, 6) is 1.24. The molecule has 1 aromatic carbocycles. The molecule has 0 saturated carbocycles. The van der Waals surface area contributed by atoms with Gasteiger partial charge in [-0.15, -0.1) is 0 Å². The van der Waals surface area contributed by atoms with Gasteiger partial charge in [0.1, 0.15) is 0 Å². The van der Waals surface area contributed by atoms with Crippen molar-refractivity contribution in [1.82, 2.24) is 4.90 Å². The first-order chi connectivity index (χ1) is 8.63. The van der Waals surface area contributed by atoms with E-state index in [9.17, 15) is 0 Å². The first-order valence-corrected chi connectivity index (χ1v) is 8.02. The van der Waals surface area contributed by atoms with Gasteiger partial charge in [-0.05, 0) is 57.5 Å². The van der Waals surface area contributed by atoms with Gasteiger partial charge in [0.15, 0.2) is 0 Å². The van der Waals surface area contributed by atoms with Crippen molar-refractivity contribution >= 4 is 11.8 Å². The van der Waals surface area contributed by atoms with Crippen LogP contribution >= 0.6 is 11.8 Å². The number of hydrogen-bond acceptors (Lipinski definition) is 3. The molecule has 18 heavy (non-hydrogen) atoms. The third-order valence-electron chi connectivity index (χ3n) is 3.18. The molecule has 0 spiro atoms. The van der Waals surface area contributed by atoms with Crippen LogP contribution in [0.25, 0.3) is 0 Å². The molecule has 0 bridgehead atoms. The van der Waals surface area contributed by atoms with E-state index in [-0.39, 0.29) is 6.04 Å². The van der Waals surface area contributed by atoms with E-state index in [1.807, 2.05) is 11.8 Å². The summed E-state index contributed by atoms with van der Waals surface area (Å²) in [4.78, 5) is 2.38. The smallest absolute Gasteiger partial charge is 0.0307 e. The van der Waals surface area contributed by atoms with Crippen LogP contribution < -0.4 is 5.73 Å². The van der Waals surface area contributed by atoms with E-state index in [1.165, 1.54) is 29.8 Å².